The number of fused-ring (bicyclic) bond motifs is 1. The predicted octanol–water partition coefficient (Wildman–Crippen LogP) is 4.05. The van der Waals surface area contributed by atoms with Gasteiger partial charge in [0.2, 0.25) is 5.82 Å². The molecule has 0 radical (unpaired) electrons. The molecule has 0 unspecified atom stereocenters. The molecule has 0 aliphatic carbocycles. The second kappa shape index (κ2) is 8.40. The number of H-pyrrole nitrogens is 1. The van der Waals surface area contributed by atoms with E-state index in [2.05, 4.69) is 30.6 Å². The highest BCUT2D eigenvalue weighted by Gasteiger charge is 2.23. The van der Waals surface area contributed by atoms with Gasteiger partial charge >= 0.3 is 0 Å². The summed E-state index contributed by atoms with van der Waals surface area (Å²) in [7, 11) is 0. The number of aromatic nitrogens is 5. The van der Waals surface area contributed by atoms with Crippen LogP contribution in [0.15, 0.2) is 34.4 Å². The molecule has 1 aliphatic rings. The average molecular weight is 437 g/mol. The van der Waals surface area contributed by atoms with Crippen molar-refractivity contribution < 1.29 is 4.52 Å². The van der Waals surface area contributed by atoms with Crippen LogP contribution in [0.4, 0.5) is 0 Å². The van der Waals surface area contributed by atoms with Crippen molar-refractivity contribution in [3.63, 3.8) is 0 Å². The summed E-state index contributed by atoms with van der Waals surface area (Å²) in [5.74, 6) is 1.05. The van der Waals surface area contributed by atoms with Crippen LogP contribution in [0.5, 0.6) is 0 Å². The van der Waals surface area contributed by atoms with Gasteiger partial charge in [0.1, 0.15) is 0 Å². The molecule has 146 valence electrons. The summed E-state index contributed by atoms with van der Waals surface area (Å²) in [4.78, 5) is 10.3. The van der Waals surface area contributed by atoms with E-state index in [1.165, 1.54) is 11.1 Å². The fourth-order valence-electron chi connectivity index (χ4n) is 3.36. The highest BCUT2D eigenvalue weighted by atomic mass is 35.5. The van der Waals surface area contributed by atoms with E-state index in [-0.39, 0.29) is 24.8 Å². The van der Waals surface area contributed by atoms with Gasteiger partial charge in [-0.25, -0.2) is 0 Å². The number of hydrogen-bond donors (Lipinski definition) is 2. The van der Waals surface area contributed by atoms with E-state index in [9.17, 15) is 0 Å². The quantitative estimate of drug-likeness (QED) is 0.503. The van der Waals surface area contributed by atoms with Crippen molar-refractivity contribution in [2.45, 2.75) is 19.9 Å². The minimum Gasteiger partial charge on any atom is -0.333 e. The lowest BCUT2D eigenvalue weighted by Gasteiger charge is -2.19. The SMILES string of the molecule is Cc1ncc2c(c1-c1noc(-c3cn[nH]c3-c3cccs3)n1)CCNC2.Cl.Cl. The zero-order chi connectivity index (χ0) is 17.5. The Hall–Kier alpha value is -2.26. The molecule has 0 atom stereocenters. The zero-order valence-electron chi connectivity index (χ0n) is 14.9. The first-order valence-corrected chi connectivity index (χ1v) is 9.29. The van der Waals surface area contributed by atoms with Crippen molar-refractivity contribution in [3.05, 3.63) is 46.7 Å². The molecular weight excluding hydrogens is 419 g/mol. The van der Waals surface area contributed by atoms with Gasteiger partial charge in [0.25, 0.3) is 5.89 Å². The summed E-state index contributed by atoms with van der Waals surface area (Å²) in [6.45, 7) is 3.76. The normalized spacial score (nSPS) is 12.8. The van der Waals surface area contributed by atoms with Gasteiger partial charge in [-0.3, -0.25) is 10.1 Å². The molecular formula is C18H18Cl2N6OS. The maximum absolute atomic E-state index is 5.59. The van der Waals surface area contributed by atoms with E-state index in [0.29, 0.717) is 11.7 Å². The van der Waals surface area contributed by atoms with Crippen LogP contribution in [-0.4, -0.2) is 31.9 Å². The van der Waals surface area contributed by atoms with Crippen molar-refractivity contribution in [1.29, 1.82) is 0 Å². The third-order valence-corrected chi connectivity index (χ3v) is 5.51. The molecule has 4 aromatic heterocycles. The lowest BCUT2D eigenvalue weighted by atomic mass is 9.95. The summed E-state index contributed by atoms with van der Waals surface area (Å²) in [6.07, 6.45) is 4.60. The molecule has 2 N–H and O–H groups in total. The molecule has 0 saturated heterocycles. The van der Waals surface area contributed by atoms with E-state index in [0.717, 1.165) is 46.9 Å². The van der Waals surface area contributed by atoms with Crippen LogP contribution >= 0.6 is 36.2 Å². The topological polar surface area (TPSA) is 92.5 Å². The second-order valence-electron chi connectivity index (χ2n) is 6.21. The number of hydrogen-bond acceptors (Lipinski definition) is 7. The third kappa shape index (κ3) is 3.44. The Morgan fingerprint density at radius 2 is 2.11 bits per heavy atom. The van der Waals surface area contributed by atoms with Crippen molar-refractivity contribution >= 4 is 36.2 Å². The van der Waals surface area contributed by atoms with Crippen molar-refractivity contribution in [2.24, 2.45) is 0 Å². The number of rotatable bonds is 3. The number of nitrogens with one attached hydrogen (secondary N) is 2. The van der Waals surface area contributed by atoms with Gasteiger partial charge < -0.3 is 9.84 Å². The van der Waals surface area contributed by atoms with Crippen LogP contribution in [0.1, 0.15) is 16.8 Å². The van der Waals surface area contributed by atoms with Crippen molar-refractivity contribution in [1.82, 2.24) is 30.6 Å². The molecule has 28 heavy (non-hydrogen) atoms. The summed E-state index contributed by atoms with van der Waals surface area (Å²) in [5.41, 5.74) is 6.07. The number of aromatic amines is 1. The van der Waals surface area contributed by atoms with E-state index < -0.39 is 0 Å². The smallest absolute Gasteiger partial charge is 0.262 e. The molecule has 4 aromatic rings. The molecule has 0 saturated carbocycles. The minimum atomic E-state index is 0. The average Bonchev–Trinajstić information content (AvgIpc) is 3.41. The van der Waals surface area contributed by atoms with Crippen molar-refractivity contribution in [2.75, 3.05) is 6.54 Å². The Bertz CT molecular complexity index is 1080. The van der Waals surface area contributed by atoms with E-state index in [1.807, 2.05) is 30.6 Å². The Morgan fingerprint density at radius 3 is 2.93 bits per heavy atom. The van der Waals surface area contributed by atoms with Crippen LogP contribution < -0.4 is 5.32 Å². The number of nitrogens with zero attached hydrogens (tertiary/aromatic N) is 4. The number of halogens is 2. The number of aryl methyl sites for hydroxylation is 1. The van der Waals surface area contributed by atoms with Crippen molar-refractivity contribution in [3.8, 4) is 33.4 Å². The van der Waals surface area contributed by atoms with E-state index in [1.54, 1.807) is 17.5 Å². The Labute approximate surface area is 177 Å². The summed E-state index contributed by atoms with van der Waals surface area (Å²) < 4.78 is 5.59. The molecule has 1 aliphatic heterocycles. The molecule has 0 amide bonds. The molecule has 5 rings (SSSR count). The van der Waals surface area contributed by atoms with Crippen LogP contribution in [0.25, 0.3) is 33.4 Å². The van der Waals surface area contributed by atoms with Gasteiger partial charge in [-0.1, -0.05) is 11.2 Å². The lowest BCUT2D eigenvalue weighted by Crippen LogP contribution is -2.24. The standard InChI is InChI=1S/C18H16N6OS.2ClH/c1-10-15(12-4-5-19-7-11(12)8-20-10)17-22-18(25-24-17)13-9-21-23-16(13)14-3-2-6-26-14;;/h2-3,6,8-9,19H,4-5,7H2,1H3,(H,21,23);2*1H. The van der Waals surface area contributed by atoms with E-state index >= 15 is 0 Å². The Kier molecular flexibility index (Phi) is 6.14. The van der Waals surface area contributed by atoms with Crippen LogP contribution in [0, 0.1) is 6.92 Å². The molecule has 0 bridgehead atoms. The van der Waals surface area contributed by atoms with Crippen LogP contribution in [0.3, 0.4) is 0 Å². The lowest BCUT2D eigenvalue weighted by molar-refractivity contribution is 0.432. The van der Waals surface area contributed by atoms with Gasteiger partial charge in [-0.05, 0) is 42.5 Å². The highest BCUT2D eigenvalue weighted by molar-refractivity contribution is 7.13. The fourth-order valence-corrected chi connectivity index (χ4v) is 4.09. The zero-order valence-corrected chi connectivity index (χ0v) is 17.4. The Balaban J connectivity index is 0.00000112. The van der Waals surface area contributed by atoms with E-state index in [4.69, 9.17) is 4.52 Å². The van der Waals surface area contributed by atoms with Crippen LogP contribution in [0.2, 0.25) is 0 Å². The minimum absolute atomic E-state index is 0. The molecule has 10 heteroatoms. The van der Waals surface area contributed by atoms with Gasteiger partial charge in [0.15, 0.2) is 0 Å². The summed E-state index contributed by atoms with van der Waals surface area (Å²) >= 11 is 1.64. The molecule has 7 nitrogen and oxygen atoms in total. The first-order chi connectivity index (χ1) is 12.8. The van der Waals surface area contributed by atoms with Gasteiger partial charge in [0, 0.05) is 24.0 Å². The largest absolute Gasteiger partial charge is 0.333 e. The van der Waals surface area contributed by atoms with Gasteiger partial charge in [-0.2, -0.15) is 10.1 Å². The summed E-state index contributed by atoms with van der Waals surface area (Å²) in [6, 6.07) is 4.04. The first-order valence-electron chi connectivity index (χ1n) is 8.41. The maximum Gasteiger partial charge on any atom is 0.262 e. The third-order valence-electron chi connectivity index (χ3n) is 4.62. The molecule has 0 fully saturated rings. The molecule has 5 heterocycles. The highest BCUT2D eigenvalue weighted by Crippen LogP contribution is 2.34. The van der Waals surface area contributed by atoms with Crippen LogP contribution in [-0.2, 0) is 13.0 Å². The summed E-state index contributed by atoms with van der Waals surface area (Å²) in [5, 5.41) is 16.8. The second-order valence-corrected chi connectivity index (χ2v) is 7.16. The number of pyridine rings is 1. The molecule has 0 aromatic carbocycles. The maximum atomic E-state index is 5.59. The predicted molar refractivity (Wildman–Crippen MR) is 113 cm³/mol. The number of thiophene rings is 1. The molecule has 0 spiro atoms. The van der Waals surface area contributed by atoms with Gasteiger partial charge in [0.05, 0.1) is 22.3 Å². The Morgan fingerprint density at radius 1 is 1.21 bits per heavy atom. The monoisotopic (exact) mass is 436 g/mol. The first kappa shape index (κ1) is 20.5. The fraction of sp³-hybridized carbons (Fsp3) is 0.222. The van der Waals surface area contributed by atoms with Gasteiger partial charge in [-0.15, -0.1) is 36.2 Å².